The van der Waals surface area contributed by atoms with Gasteiger partial charge in [0.15, 0.2) is 15.1 Å². The number of hydrogen-bond acceptors (Lipinski definition) is 5. The molecule has 7 nitrogen and oxygen atoms in total. The van der Waals surface area contributed by atoms with Crippen molar-refractivity contribution in [2.45, 2.75) is 31.6 Å². The van der Waals surface area contributed by atoms with E-state index in [1.54, 1.807) is 20.8 Å². The molecule has 1 aliphatic heterocycles. The molecular formula is C11H20N2O5S. The Balaban J connectivity index is 2.81. The van der Waals surface area contributed by atoms with E-state index in [0.717, 1.165) is 0 Å². The lowest BCUT2D eigenvalue weighted by Crippen LogP contribution is -2.55. The fourth-order valence-corrected chi connectivity index (χ4v) is 3.29. The Hall–Kier alpha value is -1.31. The first-order chi connectivity index (χ1) is 8.57. The molecule has 0 aromatic rings. The summed E-state index contributed by atoms with van der Waals surface area (Å²) in [6.45, 7) is 5.05. The summed E-state index contributed by atoms with van der Waals surface area (Å²) in [6.07, 6.45) is -0.601. The zero-order valence-electron chi connectivity index (χ0n) is 11.6. The van der Waals surface area contributed by atoms with E-state index < -0.39 is 32.7 Å². The normalized spacial score (nSPS) is 22.7. The van der Waals surface area contributed by atoms with E-state index in [2.05, 4.69) is 5.32 Å². The highest BCUT2D eigenvalue weighted by Crippen LogP contribution is 2.16. The Morgan fingerprint density at radius 3 is 2.37 bits per heavy atom. The van der Waals surface area contributed by atoms with Gasteiger partial charge in [-0.25, -0.2) is 13.2 Å². The molecular weight excluding hydrogens is 272 g/mol. The SMILES string of the molecule is CNC(=O)C1CN(C(=O)OC(C)(C)C)CCS1(=O)=O. The molecule has 8 heteroatoms. The van der Waals surface area contributed by atoms with E-state index in [1.807, 2.05) is 0 Å². The van der Waals surface area contributed by atoms with Gasteiger partial charge >= 0.3 is 6.09 Å². The molecule has 0 aromatic heterocycles. The molecule has 1 saturated heterocycles. The van der Waals surface area contributed by atoms with Crippen LogP contribution >= 0.6 is 0 Å². The Kier molecular flexibility index (Phi) is 4.44. The van der Waals surface area contributed by atoms with Gasteiger partial charge in [0, 0.05) is 20.1 Å². The maximum Gasteiger partial charge on any atom is 0.410 e. The molecule has 2 amide bonds. The van der Waals surface area contributed by atoms with Crippen molar-refractivity contribution in [1.82, 2.24) is 10.2 Å². The highest BCUT2D eigenvalue weighted by molar-refractivity contribution is 7.92. The molecule has 0 spiro atoms. The molecule has 110 valence electrons. The van der Waals surface area contributed by atoms with Crippen LogP contribution in [0.4, 0.5) is 4.79 Å². The van der Waals surface area contributed by atoms with E-state index >= 15 is 0 Å². The summed E-state index contributed by atoms with van der Waals surface area (Å²) in [5.74, 6) is -0.835. The van der Waals surface area contributed by atoms with Crippen LogP contribution in [0.2, 0.25) is 0 Å². The van der Waals surface area contributed by atoms with Crippen LogP contribution in [0.3, 0.4) is 0 Å². The average molecular weight is 292 g/mol. The second-order valence-electron chi connectivity index (χ2n) is 5.40. The summed E-state index contributed by atoms with van der Waals surface area (Å²) in [5.41, 5.74) is -0.657. The Morgan fingerprint density at radius 2 is 1.89 bits per heavy atom. The van der Waals surface area contributed by atoms with E-state index in [1.165, 1.54) is 11.9 Å². The van der Waals surface area contributed by atoms with Crippen LogP contribution in [-0.2, 0) is 19.4 Å². The highest BCUT2D eigenvalue weighted by Gasteiger charge is 2.40. The predicted octanol–water partition coefficient (Wildman–Crippen LogP) is -0.233. The van der Waals surface area contributed by atoms with Gasteiger partial charge in [0.2, 0.25) is 5.91 Å². The molecule has 19 heavy (non-hydrogen) atoms. The van der Waals surface area contributed by atoms with Gasteiger partial charge in [0.25, 0.3) is 0 Å². The minimum absolute atomic E-state index is 0.0464. The number of carbonyl (C=O) groups is 2. The number of carbonyl (C=O) groups excluding carboxylic acids is 2. The number of nitrogens with zero attached hydrogens (tertiary/aromatic N) is 1. The lowest BCUT2D eigenvalue weighted by atomic mass is 10.2. The Morgan fingerprint density at radius 1 is 1.32 bits per heavy atom. The van der Waals surface area contributed by atoms with Crippen LogP contribution in [0.15, 0.2) is 0 Å². The first-order valence-electron chi connectivity index (χ1n) is 5.98. The maximum absolute atomic E-state index is 11.9. The summed E-state index contributed by atoms with van der Waals surface area (Å²) < 4.78 is 28.8. The van der Waals surface area contributed by atoms with Gasteiger partial charge in [-0.05, 0) is 20.8 Å². The number of nitrogens with one attached hydrogen (secondary N) is 1. The molecule has 0 radical (unpaired) electrons. The van der Waals surface area contributed by atoms with Crippen molar-refractivity contribution in [3.63, 3.8) is 0 Å². The lowest BCUT2D eigenvalue weighted by molar-refractivity contribution is -0.120. The van der Waals surface area contributed by atoms with Crippen molar-refractivity contribution < 1.29 is 22.7 Å². The van der Waals surface area contributed by atoms with Crippen LogP contribution in [-0.4, -0.2) is 62.1 Å². The van der Waals surface area contributed by atoms with Crippen LogP contribution in [0.25, 0.3) is 0 Å². The summed E-state index contributed by atoms with van der Waals surface area (Å²) >= 11 is 0. The molecule has 0 aliphatic carbocycles. The van der Waals surface area contributed by atoms with E-state index in [4.69, 9.17) is 4.74 Å². The van der Waals surface area contributed by atoms with Crippen LogP contribution < -0.4 is 5.32 Å². The van der Waals surface area contributed by atoms with Crippen LogP contribution in [0.1, 0.15) is 20.8 Å². The number of hydrogen-bond donors (Lipinski definition) is 1. The predicted molar refractivity (Wildman–Crippen MR) is 69.4 cm³/mol. The van der Waals surface area contributed by atoms with Crippen molar-refractivity contribution >= 4 is 21.8 Å². The van der Waals surface area contributed by atoms with Crippen molar-refractivity contribution in [1.29, 1.82) is 0 Å². The van der Waals surface area contributed by atoms with Gasteiger partial charge in [-0.15, -0.1) is 0 Å². The number of amides is 2. The lowest BCUT2D eigenvalue weighted by Gasteiger charge is -2.33. The summed E-state index contributed by atoms with van der Waals surface area (Å²) in [6, 6.07) is 0. The smallest absolute Gasteiger partial charge is 0.410 e. The van der Waals surface area contributed by atoms with Crippen molar-refractivity contribution in [3.05, 3.63) is 0 Å². The summed E-state index contributed by atoms with van der Waals surface area (Å²) in [5, 5.41) is 1.08. The first-order valence-corrected chi connectivity index (χ1v) is 7.69. The quantitative estimate of drug-likeness (QED) is 0.720. The second kappa shape index (κ2) is 5.36. The van der Waals surface area contributed by atoms with Gasteiger partial charge in [0.1, 0.15) is 5.60 Å². The fraction of sp³-hybridized carbons (Fsp3) is 0.818. The van der Waals surface area contributed by atoms with Gasteiger partial charge in [-0.3, -0.25) is 4.79 Å². The van der Waals surface area contributed by atoms with Crippen molar-refractivity contribution in [2.24, 2.45) is 0 Å². The van der Waals surface area contributed by atoms with Crippen LogP contribution in [0.5, 0.6) is 0 Å². The largest absolute Gasteiger partial charge is 0.444 e. The zero-order valence-corrected chi connectivity index (χ0v) is 12.4. The maximum atomic E-state index is 11.9. The fourth-order valence-electron chi connectivity index (χ4n) is 1.68. The molecule has 0 bridgehead atoms. The minimum atomic E-state index is -3.51. The average Bonchev–Trinajstić information content (AvgIpc) is 2.25. The topological polar surface area (TPSA) is 92.8 Å². The van der Waals surface area contributed by atoms with Gasteiger partial charge < -0.3 is 15.0 Å². The molecule has 1 aliphatic rings. The molecule has 1 N–H and O–H groups in total. The first kappa shape index (κ1) is 15.7. The Bertz CT molecular complexity index is 466. The third kappa shape index (κ3) is 4.09. The van der Waals surface area contributed by atoms with E-state index in [-0.39, 0.29) is 18.8 Å². The minimum Gasteiger partial charge on any atom is -0.444 e. The van der Waals surface area contributed by atoms with Gasteiger partial charge in [-0.2, -0.15) is 0 Å². The second-order valence-corrected chi connectivity index (χ2v) is 7.70. The number of sulfone groups is 1. The summed E-state index contributed by atoms with van der Waals surface area (Å²) in [7, 11) is -2.14. The standard InChI is InChI=1S/C11H20N2O5S/c1-11(2,3)18-10(15)13-5-6-19(16,17)8(7-13)9(14)12-4/h8H,5-7H2,1-4H3,(H,12,14). The third-order valence-electron chi connectivity index (χ3n) is 2.66. The number of ether oxygens (including phenoxy) is 1. The molecule has 1 rings (SSSR count). The Labute approximate surface area is 113 Å². The van der Waals surface area contributed by atoms with E-state index in [0.29, 0.717) is 0 Å². The highest BCUT2D eigenvalue weighted by atomic mass is 32.2. The van der Waals surface area contributed by atoms with Crippen molar-refractivity contribution in [3.8, 4) is 0 Å². The number of rotatable bonds is 1. The van der Waals surface area contributed by atoms with E-state index in [9.17, 15) is 18.0 Å². The van der Waals surface area contributed by atoms with Crippen molar-refractivity contribution in [2.75, 3.05) is 25.9 Å². The molecule has 1 atom stereocenters. The molecule has 0 aromatic carbocycles. The third-order valence-corrected chi connectivity index (χ3v) is 4.64. The molecule has 1 fully saturated rings. The van der Waals surface area contributed by atoms with Gasteiger partial charge in [0.05, 0.1) is 5.75 Å². The molecule has 1 heterocycles. The molecule has 0 saturated carbocycles. The zero-order chi connectivity index (χ0) is 14.8. The molecule has 1 unspecified atom stereocenters. The monoisotopic (exact) mass is 292 g/mol. The van der Waals surface area contributed by atoms with Crippen LogP contribution in [0, 0.1) is 0 Å². The van der Waals surface area contributed by atoms with Gasteiger partial charge in [-0.1, -0.05) is 0 Å². The summed E-state index contributed by atoms with van der Waals surface area (Å²) in [4.78, 5) is 24.7.